The average molecular weight is 350 g/mol. The molecule has 1 aliphatic heterocycles. The number of nitrogens with zero attached hydrogens (tertiary/aromatic N) is 2. The van der Waals surface area contributed by atoms with Crippen molar-refractivity contribution < 1.29 is 9.18 Å². The molecule has 0 aliphatic carbocycles. The van der Waals surface area contributed by atoms with E-state index in [1.165, 1.54) is 6.07 Å². The third kappa shape index (κ3) is 3.12. The third-order valence-corrected chi connectivity index (χ3v) is 5.24. The fraction of sp³-hybridized carbons (Fsp3) is 0.318. The predicted molar refractivity (Wildman–Crippen MR) is 102 cm³/mol. The summed E-state index contributed by atoms with van der Waals surface area (Å²) in [6.45, 7) is 3.48. The van der Waals surface area contributed by atoms with E-state index >= 15 is 0 Å². The summed E-state index contributed by atoms with van der Waals surface area (Å²) < 4.78 is 15.8. The molecule has 0 bridgehead atoms. The molecule has 1 unspecified atom stereocenters. The molecule has 1 fully saturated rings. The Hall–Kier alpha value is -2.62. The zero-order valence-electron chi connectivity index (χ0n) is 15.0. The van der Waals surface area contributed by atoms with Crippen LogP contribution in [0.5, 0.6) is 0 Å². The second-order valence-corrected chi connectivity index (χ2v) is 7.14. The molecule has 0 radical (unpaired) electrons. The minimum Gasteiger partial charge on any atom is -0.324 e. The molecule has 1 saturated heterocycles. The minimum atomic E-state index is -0.241. The Bertz CT molecular complexity index is 932. The summed E-state index contributed by atoms with van der Waals surface area (Å²) in [4.78, 5) is 14.4. The summed E-state index contributed by atoms with van der Waals surface area (Å²) in [5, 5.41) is 0.862. The number of likely N-dealkylation sites (tertiary alicyclic amines) is 1. The average Bonchev–Trinajstić information content (AvgIpc) is 3.16. The largest absolute Gasteiger partial charge is 0.324 e. The molecule has 3 nitrogen and oxygen atoms in total. The van der Waals surface area contributed by atoms with Crippen LogP contribution in [0.4, 0.5) is 4.39 Å². The molecule has 1 aromatic heterocycles. The number of carbonyl (C=O) groups is 1. The van der Waals surface area contributed by atoms with Crippen molar-refractivity contribution in [2.75, 3.05) is 6.54 Å². The normalized spacial score (nSPS) is 17.4. The molecular weight excluding hydrogens is 327 g/mol. The summed E-state index contributed by atoms with van der Waals surface area (Å²) >= 11 is 0. The summed E-state index contributed by atoms with van der Waals surface area (Å²) in [6, 6.07) is 16.9. The lowest BCUT2D eigenvalue weighted by molar-refractivity contribution is -0.129. The van der Waals surface area contributed by atoms with Gasteiger partial charge in [0.05, 0.1) is 17.9 Å². The van der Waals surface area contributed by atoms with E-state index < -0.39 is 0 Å². The molecule has 1 atom stereocenters. The summed E-state index contributed by atoms with van der Waals surface area (Å²) in [5.74, 6) is 0.424. The Balaban J connectivity index is 1.74. The lowest BCUT2D eigenvalue weighted by Gasteiger charge is -2.20. The first-order chi connectivity index (χ1) is 12.7. The number of rotatable bonds is 5. The van der Waals surface area contributed by atoms with E-state index in [1.54, 1.807) is 12.1 Å². The fourth-order valence-corrected chi connectivity index (χ4v) is 4.01. The van der Waals surface area contributed by atoms with Crippen molar-refractivity contribution in [3.8, 4) is 11.3 Å². The van der Waals surface area contributed by atoms with E-state index in [9.17, 15) is 9.18 Å². The SMILES string of the molecule is CCCC1CC(=O)N(Cn2c(-c3ccccc3)cc3cc(F)ccc32)C1. The number of fused-ring (bicyclic) bond motifs is 1. The Morgan fingerprint density at radius 1 is 1.12 bits per heavy atom. The molecule has 26 heavy (non-hydrogen) atoms. The summed E-state index contributed by atoms with van der Waals surface area (Å²) in [6.07, 6.45) is 2.83. The van der Waals surface area contributed by atoms with Crippen molar-refractivity contribution >= 4 is 16.8 Å². The van der Waals surface area contributed by atoms with E-state index in [-0.39, 0.29) is 11.7 Å². The fourth-order valence-electron chi connectivity index (χ4n) is 4.01. The van der Waals surface area contributed by atoms with Gasteiger partial charge < -0.3 is 9.47 Å². The molecule has 4 rings (SSSR count). The number of benzene rings is 2. The quantitative estimate of drug-likeness (QED) is 0.632. The zero-order chi connectivity index (χ0) is 18.1. The first kappa shape index (κ1) is 16.8. The molecule has 1 amide bonds. The molecule has 0 spiro atoms. The molecular formula is C22H23FN2O. The maximum Gasteiger partial charge on any atom is 0.224 e. The van der Waals surface area contributed by atoms with Crippen molar-refractivity contribution in [3.63, 3.8) is 0 Å². The van der Waals surface area contributed by atoms with Crippen LogP contribution in [0.25, 0.3) is 22.2 Å². The minimum absolute atomic E-state index is 0.214. The molecule has 2 aromatic carbocycles. The van der Waals surface area contributed by atoms with Crippen LogP contribution in [0.2, 0.25) is 0 Å². The molecule has 2 heterocycles. The zero-order valence-corrected chi connectivity index (χ0v) is 15.0. The van der Waals surface area contributed by atoms with Crippen LogP contribution in [0.3, 0.4) is 0 Å². The first-order valence-corrected chi connectivity index (χ1v) is 9.27. The van der Waals surface area contributed by atoms with Gasteiger partial charge >= 0.3 is 0 Å². The van der Waals surface area contributed by atoms with Crippen LogP contribution in [-0.2, 0) is 11.5 Å². The summed E-state index contributed by atoms with van der Waals surface area (Å²) in [5.41, 5.74) is 3.04. The van der Waals surface area contributed by atoms with Gasteiger partial charge in [0.25, 0.3) is 0 Å². The van der Waals surface area contributed by atoms with Crippen molar-refractivity contribution in [1.29, 1.82) is 0 Å². The number of aromatic nitrogens is 1. The molecule has 0 N–H and O–H groups in total. The maximum atomic E-state index is 13.7. The highest BCUT2D eigenvalue weighted by molar-refractivity contribution is 5.87. The maximum absolute atomic E-state index is 13.7. The molecule has 3 aromatic rings. The number of carbonyl (C=O) groups excluding carboxylic acids is 1. The standard InChI is InChI=1S/C22H23FN2O/c1-2-6-16-11-22(26)24(14-16)15-25-20-10-9-19(23)12-18(20)13-21(25)17-7-4-3-5-8-17/h3-5,7-10,12-13,16H,2,6,11,14-15H2,1H3. The number of amides is 1. The van der Waals surface area contributed by atoms with E-state index in [4.69, 9.17) is 0 Å². The van der Waals surface area contributed by atoms with Crippen molar-refractivity contribution in [3.05, 3.63) is 60.4 Å². The molecule has 1 aliphatic rings. The topological polar surface area (TPSA) is 25.2 Å². The van der Waals surface area contributed by atoms with Gasteiger partial charge in [-0.2, -0.15) is 0 Å². The molecule has 4 heteroatoms. The monoisotopic (exact) mass is 350 g/mol. The van der Waals surface area contributed by atoms with Crippen molar-refractivity contribution in [2.45, 2.75) is 32.9 Å². The van der Waals surface area contributed by atoms with E-state index in [0.29, 0.717) is 19.0 Å². The summed E-state index contributed by atoms with van der Waals surface area (Å²) in [7, 11) is 0. The Labute approximate surface area is 153 Å². The number of hydrogen-bond donors (Lipinski definition) is 0. The van der Waals surface area contributed by atoms with Crippen molar-refractivity contribution in [2.24, 2.45) is 5.92 Å². The Morgan fingerprint density at radius 3 is 2.69 bits per heavy atom. The van der Waals surface area contributed by atoms with Gasteiger partial charge in [0, 0.05) is 18.4 Å². The highest BCUT2D eigenvalue weighted by Gasteiger charge is 2.29. The number of halogens is 1. The second kappa shape index (κ2) is 6.94. The lowest BCUT2D eigenvalue weighted by atomic mass is 10.0. The van der Waals surface area contributed by atoms with Gasteiger partial charge in [0.2, 0.25) is 5.91 Å². The van der Waals surface area contributed by atoms with Crippen LogP contribution >= 0.6 is 0 Å². The van der Waals surface area contributed by atoms with Crippen LogP contribution in [0, 0.1) is 11.7 Å². The lowest BCUT2D eigenvalue weighted by Crippen LogP contribution is -2.28. The van der Waals surface area contributed by atoms with Gasteiger partial charge in [0.1, 0.15) is 5.82 Å². The van der Waals surface area contributed by atoms with Crippen LogP contribution in [-0.4, -0.2) is 21.9 Å². The molecule has 0 saturated carbocycles. The van der Waals surface area contributed by atoms with Gasteiger partial charge in [-0.25, -0.2) is 4.39 Å². The van der Waals surface area contributed by atoms with Crippen LogP contribution in [0.15, 0.2) is 54.6 Å². The van der Waals surface area contributed by atoms with Gasteiger partial charge in [-0.05, 0) is 42.2 Å². The van der Waals surface area contributed by atoms with Gasteiger partial charge in [-0.15, -0.1) is 0 Å². The van der Waals surface area contributed by atoms with Gasteiger partial charge in [0.15, 0.2) is 0 Å². The van der Waals surface area contributed by atoms with E-state index in [2.05, 4.69) is 11.5 Å². The Morgan fingerprint density at radius 2 is 1.92 bits per heavy atom. The first-order valence-electron chi connectivity index (χ1n) is 9.27. The van der Waals surface area contributed by atoms with Gasteiger partial charge in [-0.1, -0.05) is 43.7 Å². The molecule has 134 valence electrons. The predicted octanol–water partition coefficient (Wildman–Crippen LogP) is 5.05. The highest BCUT2D eigenvalue weighted by Crippen LogP contribution is 2.31. The van der Waals surface area contributed by atoms with Crippen LogP contribution < -0.4 is 0 Å². The van der Waals surface area contributed by atoms with E-state index in [1.807, 2.05) is 41.3 Å². The smallest absolute Gasteiger partial charge is 0.224 e. The van der Waals surface area contributed by atoms with Crippen LogP contribution in [0.1, 0.15) is 26.2 Å². The Kier molecular flexibility index (Phi) is 4.49. The number of hydrogen-bond acceptors (Lipinski definition) is 1. The van der Waals surface area contributed by atoms with Crippen molar-refractivity contribution in [1.82, 2.24) is 9.47 Å². The highest BCUT2D eigenvalue weighted by atomic mass is 19.1. The second-order valence-electron chi connectivity index (χ2n) is 7.14. The van der Waals surface area contributed by atoms with Gasteiger partial charge in [-0.3, -0.25) is 4.79 Å². The third-order valence-electron chi connectivity index (χ3n) is 5.24. The van der Waals surface area contributed by atoms with E-state index in [0.717, 1.165) is 41.5 Å².